The highest BCUT2D eigenvalue weighted by molar-refractivity contribution is 4.97. The van der Waals surface area contributed by atoms with Crippen LogP contribution in [0.5, 0.6) is 0 Å². The van der Waals surface area contributed by atoms with Gasteiger partial charge in [-0.05, 0) is 27.2 Å². The second-order valence-electron chi connectivity index (χ2n) is 4.01. The summed E-state index contributed by atoms with van der Waals surface area (Å²) in [7, 11) is 1.77. The van der Waals surface area contributed by atoms with Crippen LogP contribution in [0.25, 0.3) is 0 Å². The van der Waals surface area contributed by atoms with E-state index in [9.17, 15) is 0 Å². The van der Waals surface area contributed by atoms with Gasteiger partial charge >= 0.3 is 0 Å². The molecule has 1 rings (SSSR count). The average molecular weight is 143 g/mol. The molecule has 60 valence electrons. The van der Waals surface area contributed by atoms with Crippen LogP contribution in [0.1, 0.15) is 27.2 Å². The maximum atomic E-state index is 5.16. The normalized spacial score (nSPS) is 32.4. The van der Waals surface area contributed by atoms with Gasteiger partial charge in [0.25, 0.3) is 0 Å². The van der Waals surface area contributed by atoms with E-state index in [1.54, 1.807) is 7.11 Å². The fourth-order valence-corrected chi connectivity index (χ4v) is 1.14. The molecule has 2 nitrogen and oxygen atoms in total. The molecule has 0 aliphatic heterocycles. The predicted molar refractivity (Wildman–Crippen MR) is 42.1 cm³/mol. The van der Waals surface area contributed by atoms with Crippen molar-refractivity contribution in [1.29, 1.82) is 0 Å². The Morgan fingerprint density at radius 2 is 2.00 bits per heavy atom. The molecule has 1 fully saturated rings. The summed E-state index contributed by atoms with van der Waals surface area (Å²) in [6.45, 7) is 6.54. The molecular formula is C8H17NO. The van der Waals surface area contributed by atoms with Crippen LogP contribution < -0.4 is 5.32 Å². The number of nitrogens with one attached hydrogen (secondary N) is 1. The van der Waals surface area contributed by atoms with E-state index in [0.717, 1.165) is 0 Å². The Morgan fingerprint density at radius 3 is 2.30 bits per heavy atom. The second kappa shape index (κ2) is 2.51. The van der Waals surface area contributed by atoms with E-state index >= 15 is 0 Å². The van der Waals surface area contributed by atoms with Gasteiger partial charge in [0.05, 0.1) is 6.10 Å². The van der Waals surface area contributed by atoms with E-state index in [2.05, 4.69) is 26.1 Å². The molecule has 2 heteroatoms. The van der Waals surface area contributed by atoms with E-state index < -0.39 is 0 Å². The van der Waals surface area contributed by atoms with Gasteiger partial charge < -0.3 is 10.1 Å². The van der Waals surface area contributed by atoms with Gasteiger partial charge in [0.1, 0.15) is 0 Å². The van der Waals surface area contributed by atoms with Crippen LogP contribution in [0.15, 0.2) is 0 Å². The molecule has 10 heavy (non-hydrogen) atoms. The zero-order valence-corrected chi connectivity index (χ0v) is 7.27. The van der Waals surface area contributed by atoms with Gasteiger partial charge in [-0.2, -0.15) is 0 Å². The minimum atomic E-state index is 0.234. The molecule has 0 spiro atoms. The summed E-state index contributed by atoms with van der Waals surface area (Å²) in [6, 6.07) is 0.602. The molecule has 1 unspecified atom stereocenters. The molecule has 1 aliphatic carbocycles. The van der Waals surface area contributed by atoms with Crippen molar-refractivity contribution in [2.75, 3.05) is 7.11 Å². The van der Waals surface area contributed by atoms with E-state index in [4.69, 9.17) is 4.74 Å². The molecule has 1 saturated carbocycles. The largest absolute Gasteiger partial charge is 0.380 e. The molecule has 0 aromatic rings. The summed E-state index contributed by atoms with van der Waals surface area (Å²) in [5.41, 5.74) is 0.234. The molecule has 0 bridgehead atoms. The Labute approximate surface area is 63.0 Å². The summed E-state index contributed by atoms with van der Waals surface area (Å²) in [5, 5.41) is 3.47. The zero-order chi connectivity index (χ0) is 7.78. The van der Waals surface area contributed by atoms with Crippen LogP contribution >= 0.6 is 0 Å². The summed E-state index contributed by atoms with van der Waals surface area (Å²) < 4.78 is 5.16. The third kappa shape index (κ3) is 2.27. The van der Waals surface area contributed by atoms with Crippen molar-refractivity contribution in [2.45, 2.75) is 44.9 Å². The molecule has 0 aromatic heterocycles. The topological polar surface area (TPSA) is 21.3 Å². The maximum Gasteiger partial charge on any atom is 0.0741 e. The highest BCUT2D eigenvalue weighted by Gasteiger charge is 2.39. The van der Waals surface area contributed by atoms with Crippen molar-refractivity contribution in [1.82, 2.24) is 5.32 Å². The predicted octanol–water partition coefficient (Wildman–Crippen LogP) is 1.16. The standard InChI is InChI=1S/C8H17NO/c1-8(2,3)9-6-5-7(6)10-4/h6-7,9H,5H2,1-4H3/t6?,7-/m0/s1. The highest BCUT2D eigenvalue weighted by Crippen LogP contribution is 2.26. The molecule has 0 radical (unpaired) electrons. The number of methoxy groups -OCH3 is 1. The number of hydrogen-bond donors (Lipinski definition) is 1. The smallest absolute Gasteiger partial charge is 0.0741 e. The van der Waals surface area contributed by atoms with Crippen molar-refractivity contribution < 1.29 is 4.74 Å². The first-order valence-electron chi connectivity index (χ1n) is 3.83. The van der Waals surface area contributed by atoms with E-state index in [1.807, 2.05) is 0 Å². The SMILES string of the molecule is CO[C@H]1CC1NC(C)(C)C. The third-order valence-corrected chi connectivity index (χ3v) is 1.65. The molecule has 1 N–H and O–H groups in total. The Morgan fingerprint density at radius 1 is 1.40 bits per heavy atom. The second-order valence-corrected chi connectivity index (χ2v) is 4.01. The number of hydrogen-bond acceptors (Lipinski definition) is 2. The van der Waals surface area contributed by atoms with Gasteiger partial charge in [0.2, 0.25) is 0 Å². The fraction of sp³-hybridized carbons (Fsp3) is 1.00. The minimum Gasteiger partial charge on any atom is -0.380 e. The summed E-state index contributed by atoms with van der Waals surface area (Å²) >= 11 is 0. The van der Waals surface area contributed by atoms with Crippen LogP contribution in [0, 0.1) is 0 Å². The van der Waals surface area contributed by atoms with E-state index in [1.165, 1.54) is 6.42 Å². The molecule has 0 heterocycles. The van der Waals surface area contributed by atoms with Crippen molar-refractivity contribution in [3.63, 3.8) is 0 Å². The van der Waals surface area contributed by atoms with Crippen LogP contribution in [0.3, 0.4) is 0 Å². The molecule has 0 aromatic carbocycles. The molecule has 0 amide bonds. The molecule has 0 saturated heterocycles. The molecule has 1 aliphatic rings. The Kier molecular flexibility index (Phi) is 2.02. The average Bonchev–Trinajstić information content (AvgIpc) is 2.42. The first-order chi connectivity index (χ1) is 4.53. The molecule has 2 atom stereocenters. The lowest BCUT2D eigenvalue weighted by Crippen LogP contribution is -2.38. The van der Waals surface area contributed by atoms with Gasteiger partial charge in [0.15, 0.2) is 0 Å². The van der Waals surface area contributed by atoms with Gasteiger partial charge in [-0.25, -0.2) is 0 Å². The summed E-state index contributed by atoms with van der Waals surface area (Å²) in [5.74, 6) is 0. The first-order valence-corrected chi connectivity index (χ1v) is 3.83. The quantitative estimate of drug-likeness (QED) is 0.626. The monoisotopic (exact) mass is 143 g/mol. The van der Waals surface area contributed by atoms with Crippen molar-refractivity contribution in [3.8, 4) is 0 Å². The Balaban J connectivity index is 2.18. The van der Waals surface area contributed by atoms with Crippen LogP contribution in [-0.4, -0.2) is 24.8 Å². The Bertz CT molecular complexity index is 117. The lowest BCUT2D eigenvalue weighted by atomic mass is 10.1. The van der Waals surface area contributed by atoms with E-state index in [-0.39, 0.29) is 5.54 Å². The van der Waals surface area contributed by atoms with Gasteiger partial charge in [-0.15, -0.1) is 0 Å². The van der Waals surface area contributed by atoms with Crippen LogP contribution in [-0.2, 0) is 4.74 Å². The van der Waals surface area contributed by atoms with Crippen molar-refractivity contribution >= 4 is 0 Å². The number of ether oxygens (including phenoxy) is 1. The lowest BCUT2D eigenvalue weighted by Gasteiger charge is -2.20. The van der Waals surface area contributed by atoms with Crippen LogP contribution in [0.2, 0.25) is 0 Å². The Hall–Kier alpha value is -0.0800. The lowest BCUT2D eigenvalue weighted by molar-refractivity contribution is 0.169. The fourth-order valence-electron chi connectivity index (χ4n) is 1.14. The molecular weight excluding hydrogens is 126 g/mol. The van der Waals surface area contributed by atoms with Crippen LogP contribution in [0.4, 0.5) is 0 Å². The highest BCUT2D eigenvalue weighted by atomic mass is 16.5. The van der Waals surface area contributed by atoms with Gasteiger partial charge in [-0.3, -0.25) is 0 Å². The van der Waals surface area contributed by atoms with Crippen molar-refractivity contribution in [2.24, 2.45) is 0 Å². The minimum absolute atomic E-state index is 0.234. The summed E-state index contributed by atoms with van der Waals surface area (Å²) in [6.07, 6.45) is 1.65. The van der Waals surface area contributed by atoms with Gasteiger partial charge in [-0.1, -0.05) is 0 Å². The van der Waals surface area contributed by atoms with E-state index in [0.29, 0.717) is 12.1 Å². The summed E-state index contributed by atoms with van der Waals surface area (Å²) in [4.78, 5) is 0. The van der Waals surface area contributed by atoms with Gasteiger partial charge in [0, 0.05) is 18.7 Å². The first kappa shape index (κ1) is 8.02. The third-order valence-electron chi connectivity index (χ3n) is 1.65. The number of rotatable bonds is 2. The maximum absolute atomic E-state index is 5.16. The van der Waals surface area contributed by atoms with Crippen molar-refractivity contribution in [3.05, 3.63) is 0 Å². The zero-order valence-electron chi connectivity index (χ0n) is 7.27.